The van der Waals surface area contributed by atoms with E-state index in [1.807, 2.05) is 30.0 Å². The van der Waals surface area contributed by atoms with E-state index in [0.717, 1.165) is 24.5 Å². The van der Waals surface area contributed by atoms with Gasteiger partial charge in [-0.05, 0) is 30.3 Å². The van der Waals surface area contributed by atoms with Gasteiger partial charge in [0.1, 0.15) is 11.6 Å². The van der Waals surface area contributed by atoms with E-state index in [-0.39, 0.29) is 5.91 Å². The third-order valence-corrected chi connectivity index (χ3v) is 4.63. The molecule has 4 heterocycles. The van der Waals surface area contributed by atoms with Crippen LogP contribution in [0.4, 0.5) is 5.82 Å². The highest BCUT2D eigenvalue weighted by Crippen LogP contribution is 2.20. The monoisotopic (exact) mass is 379 g/mol. The Morgan fingerprint density at radius 2 is 2.07 bits per heavy atom. The number of carbonyl (C=O) groups is 1. The van der Waals surface area contributed by atoms with Crippen LogP contribution >= 0.6 is 0 Å². The zero-order valence-corrected chi connectivity index (χ0v) is 15.6. The fraction of sp³-hybridized carbons (Fsp3) is 0.300. The van der Waals surface area contributed by atoms with Gasteiger partial charge < -0.3 is 18.7 Å². The highest BCUT2D eigenvalue weighted by Gasteiger charge is 2.20. The molecule has 3 aromatic heterocycles. The number of rotatable bonds is 5. The molecule has 8 heteroatoms. The van der Waals surface area contributed by atoms with Crippen molar-refractivity contribution in [1.82, 2.24) is 20.0 Å². The highest BCUT2D eigenvalue weighted by molar-refractivity contribution is 5.91. The van der Waals surface area contributed by atoms with Crippen molar-refractivity contribution >= 4 is 17.8 Å². The molecular weight excluding hydrogens is 358 g/mol. The first kappa shape index (κ1) is 18.0. The summed E-state index contributed by atoms with van der Waals surface area (Å²) in [5.74, 6) is 2.70. The maximum Gasteiger partial charge on any atom is 0.246 e. The van der Waals surface area contributed by atoms with Gasteiger partial charge in [-0.1, -0.05) is 12.1 Å². The molecule has 0 unspecified atom stereocenters. The summed E-state index contributed by atoms with van der Waals surface area (Å²) in [6.45, 7) is 4.73. The smallest absolute Gasteiger partial charge is 0.246 e. The molecule has 0 aliphatic carbocycles. The number of hydrogen-bond acceptors (Lipinski definition) is 7. The molecule has 0 radical (unpaired) electrons. The molecule has 1 aliphatic heterocycles. The Labute approximate surface area is 162 Å². The maximum absolute atomic E-state index is 12.3. The Bertz CT molecular complexity index is 939. The minimum absolute atomic E-state index is 0.0109. The van der Waals surface area contributed by atoms with Gasteiger partial charge >= 0.3 is 0 Å². The number of pyridine rings is 1. The zero-order valence-electron chi connectivity index (χ0n) is 15.6. The third-order valence-electron chi connectivity index (χ3n) is 4.63. The molecule has 1 fully saturated rings. The van der Waals surface area contributed by atoms with Crippen molar-refractivity contribution in [3.8, 4) is 11.4 Å². The topological polar surface area (TPSA) is 88.5 Å². The van der Waals surface area contributed by atoms with Crippen molar-refractivity contribution in [1.29, 1.82) is 0 Å². The number of amides is 1. The van der Waals surface area contributed by atoms with Gasteiger partial charge in [0.15, 0.2) is 0 Å². The summed E-state index contributed by atoms with van der Waals surface area (Å²) >= 11 is 0. The summed E-state index contributed by atoms with van der Waals surface area (Å²) in [7, 11) is 0. The Morgan fingerprint density at radius 1 is 1.21 bits per heavy atom. The van der Waals surface area contributed by atoms with E-state index in [0.29, 0.717) is 37.0 Å². The van der Waals surface area contributed by atoms with Crippen LogP contribution in [0.2, 0.25) is 0 Å². The van der Waals surface area contributed by atoms with Crippen LogP contribution in [-0.2, 0) is 11.2 Å². The van der Waals surface area contributed by atoms with E-state index in [9.17, 15) is 4.79 Å². The molecule has 0 aromatic carbocycles. The highest BCUT2D eigenvalue weighted by atomic mass is 16.5. The molecule has 1 saturated heterocycles. The molecule has 1 amide bonds. The number of aryl methyl sites for hydroxylation is 1. The fourth-order valence-electron chi connectivity index (χ4n) is 3.02. The fourth-order valence-corrected chi connectivity index (χ4v) is 3.02. The van der Waals surface area contributed by atoms with Crippen LogP contribution in [0.25, 0.3) is 17.5 Å². The van der Waals surface area contributed by atoms with E-state index in [1.54, 1.807) is 30.7 Å². The van der Waals surface area contributed by atoms with Gasteiger partial charge in [-0.25, -0.2) is 4.98 Å². The van der Waals surface area contributed by atoms with Gasteiger partial charge in [-0.3, -0.25) is 4.79 Å². The number of nitrogens with zero attached hydrogens (tertiary/aromatic N) is 5. The first-order chi connectivity index (χ1) is 13.7. The maximum atomic E-state index is 12.3. The molecule has 4 rings (SSSR count). The second-order valence-electron chi connectivity index (χ2n) is 6.43. The van der Waals surface area contributed by atoms with Crippen LogP contribution in [0.1, 0.15) is 18.6 Å². The summed E-state index contributed by atoms with van der Waals surface area (Å²) in [5.41, 5.74) is 0.823. The molecule has 144 valence electrons. The Balaban J connectivity index is 1.34. The Morgan fingerprint density at radius 3 is 2.71 bits per heavy atom. The zero-order chi connectivity index (χ0) is 19.3. The number of hydrogen-bond donors (Lipinski definition) is 0. The van der Waals surface area contributed by atoms with Crippen molar-refractivity contribution in [2.75, 3.05) is 31.1 Å². The van der Waals surface area contributed by atoms with Gasteiger partial charge in [-0.15, -0.1) is 0 Å². The third kappa shape index (κ3) is 3.95. The van der Waals surface area contributed by atoms with Gasteiger partial charge in [0.25, 0.3) is 0 Å². The predicted octanol–water partition coefficient (Wildman–Crippen LogP) is 2.65. The number of aromatic nitrogens is 3. The molecule has 0 saturated carbocycles. The van der Waals surface area contributed by atoms with Crippen LogP contribution in [0, 0.1) is 0 Å². The van der Waals surface area contributed by atoms with Crippen molar-refractivity contribution in [2.45, 2.75) is 13.3 Å². The number of furan rings is 1. The largest absolute Gasteiger partial charge is 0.465 e. The van der Waals surface area contributed by atoms with Gasteiger partial charge in [0, 0.05) is 50.4 Å². The van der Waals surface area contributed by atoms with Crippen LogP contribution < -0.4 is 4.90 Å². The standard InChI is InChI=1S/C20H21N5O3/c1-2-18-22-20(23-28-18)15-5-7-17(21-14-15)24-9-11-25(12-10-24)19(26)8-6-16-4-3-13-27-16/h3-8,13-14H,2,9-12H2,1H3/b8-6+. The molecule has 8 nitrogen and oxygen atoms in total. The van der Waals surface area contributed by atoms with Crippen molar-refractivity contribution in [3.05, 3.63) is 54.5 Å². The predicted molar refractivity (Wildman–Crippen MR) is 103 cm³/mol. The average molecular weight is 379 g/mol. The van der Waals surface area contributed by atoms with E-state index >= 15 is 0 Å². The second-order valence-corrected chi connectivity index (χ2v) is 6.43. The van der Waals surface area contributed by atoms with Crippen LogP contribution in [0.5, 0.6) is 0 Å². The normalized spacial score (nSPS) is 14.8. The Kier molecular flexibility index (Phi) is 5.18. The van der Waals surface area contributed by atoms with E-state index < -0.39 is 0 Å². The first-order valence-corrected chi connectivity index (χ1v) is 9.27. The van der Waals surface area contributed by atoms with Gasteiger partial charge in [0.2, 0.25) is 17.6 Å². The van der Waals surface area contributed by atoms with E-state index in [2.05, 4.69) is 20.0 Å². The summed E-state index contributed by atoms with van der Waals surface area (Å²) in [6, 6.07) is 7.50. The minimum atomic E-state index is -0.0109. The lowest BCUT2D eigenvalue weighted by molar-refractivity contribution is -0.126. The molecule has 1 aliphatic rings. The summed E-state index contributed by atoms with van der Waals surface area (Å²) in [4.78, 5) is 25.1. The van der Waals surface area contributed by atoms with Crippen LogP contribution in [-0.4, -0.2) is 52.1 Å². The number of anilines is 1. The van der Waals surface area contributed by atoms with Gasteiger partial charge in [0.05, 0.1) is 6.26 Å². The molecule has 0 atom stereocenters. The summed E-state index contributed by atoms with van der Waals surface area (Å²) < 4.78 is 10.4. The van der Waals surface area contributed by atoms with Crippen molar-refractivity contribution in [3.63, 3.8) is 0 Å². The molecule has 3 aromatic rings. The molecule has 0 spiro atoms. The van der Waals surface area contributed by atoms with Crippen molar-refractivity contribution in [2.24, 2.45) is 0 Å². The number of piperazine rings is 1. The molecular formula is C20H21N5O3. The first-order valence-electron chi connectivity index (χ1n) is 9.27. The van der Waals surface area contributed by atoms with Crippen LogP contribution in [0.3, 0.4) is 0 Å². The van der Waals surface area contributed by atoms with E-state index in [1.165, 1.54) is 0 Å². The molecule has 28 heavy (non-hydrogen) atoms. The summed E-state index contributed by atoms with van der Waals surface area (Å²) in [6.07, 6.45) is 7.29. The van der Waals surface area contributed by atoms with E-state index in [4.69, 9.17) is 8.94 Å². The number of carbonyl (C=O) groups excluding carboxylic acids is 1. The lowest BCUT2D eigenvalue weighted by Crippen LogP contribution is -2.48. The molecule has 0 bridgehead atoms. The SMILES string of the molecule is CCc1nc(-c2ccc(N3CCN(C(=O)/C=C/c4ccco4)CC3)nc2)no1. The lowest BCUT2D eigenvalue weighted by Gasteiger charge is -2.35. The molecule has 0 N–H and O–H groups in total. The quantitative estimate of drug-likeness (QED) is 0.630. The van der Waals surface area contributed by atoms with Gasteiger partial charge in [-0.2, -0.15) is 4.98 Å². The summed E-state index contributed by atoms with van der Waals surface area (Å²) in [5, 5.41) is 3.97. The lowest BCUT2D eigenvalue weighted by atomic mass is 10.2. The Hall–Kier alpha value is -3.42. The van der Waals surface area contributed by atoms with Crippen LogP contribution in [0.15, 0.2) is 51.7 Å². The second kappa shape index (κ2) is 8.08. The minimum Gasteiger partial charge on any atom is -0.465 e. The van der Waals surface area contributed by atoms with Crippen molar-refractivity contribution < 1.29 is 13.7 Å². The average Bonchev–Trinajstić information content (AvgIpc) is 3.44.